The molecule has 1 aromatic carbocycles. The van der Waals surface area contributed by atoms with Crippen molar-refractivity contribution in [1.29, 1.82) is 0 Å². The van der Waals surface area contributed by atoms with Gasteiger partial charge in [0.25, 0.3) is 12.3 Å². The SMILES string of the molecule is COc1c([C@H]2[C@H](C(=O)Nc3ccnc(C(=O)O)c3)O[C@@](C)(C(F)(F)F)[C@H]2C)ccc(F)c1C(F)F. The number of hydrogen-bond donors (Lipinski definition) is 2. The maximum Gasteiger partial charge on any atom is 0.417 e. The number of aromatic nitrogens is 1. The molecule has 1 saturated heterocycles. The Morgan fingerprint density at radius 3 is 2.46 bits per heavy atom. The van der Waals surface area contributed by atoms with Crippen LogP contribution >= 0.6 is 0 Å². The third-order valence-corrected chi connectivity index (χ3v) is 6.13. The van der Waals surface area contributed by atoms with Crippen molar-refractivity contribution in [2.75, 3.05) is 12.4 Å². The van der Waals surface area contributed by atoms with Gasteiger partial charge in [0.2, 0.25) is 0 Å². The molecule has 3 rings (SSSR count). The van der Waals surface area contributed by atoms with Crippen LogP contribution in [-0.4, -0.2) is 47.0 Å². The molecule has 0 unspecified atom stereocenters. The number of carbonyl (C=O) groups is 2. The Morgan fingerprint density at radius 1 is 1.26 bits per heavy atom. The number of anilines is 1. The lowest BCUT2D eigenvalue weighted by Gasteiger charge is -2.32. The van der Waals surface area contributed by atoms with Crippen molar-refractivity contribution in [2.24, 2.45) is 5.92 Å². The Hall–Kier alpha value is -3.35. The number of nitrogens with zero attached hydrogens (tertiary/aromatic N) is 1. The normalized spacial score (nSPS) is 24.5. The molecule has 1 aromatic heterocycles. The lowest BCUT2D eigenvalue weighted by molar-refractivity contribution is -0.272. The molecule has 13 heteroatoms. The molecular weight excluding hydrogens is 486 g/mol. The molecule has 35 heavy (non-hydrogen) atoms. The van der Waals surface area contributed by atoms with Crippen LogP contribution in [0.5, 0.6) is 5.75 Å². The summed E-state index contributed by atoms with van der Waals surface area (Å²) in [6.45, 7) is 1.85. The number of alkyl halides is 5. The second kappa shape index (κ2) is 9.36. The van der Waals surface area contributed by atoms with Crippen LogP contribution in [0, 0.1) is 11.7 Å². The van der Waals surface area contributed by atoms with Gasteiger partial charge in [-0.2, -0.15) is 13.2 Å². The monoisotopic (exact) mass is 506 g/mol. The van der Waals surface area contributed by atoms with Crippen molar-refractivity contribution in [1.82, 2.24) is 4.98 Å². The summed E-state index contributed by atoms with van der Waals surface area (Å²) in [6, 6.07) is 3.81. The molecule has 2 heterocycles. The smallest absolute Gasteiger partial charge is 0.417 e. The van der Waals surface area contributed by atoms with E-state index in [0.29, 0.717) is 6.07 Å². The summed E-state index contributed by atoms with van der Waals surface area (Å²) in [7, 11) is 0.951. The molecule has 1 aliphatic heterocycles. The summed E-state index contributed by atoms with van der Waals surface area (Å²) in [6.07, 6.45) is -9.14. The van der Waals surface area contributed by atoms with Gasteiger partial charge in [-0.25, -0.2) is 22.9 Å². The van der Waals surface area contributed by atoms with Gasteiger partial charge in [-0.05, 0) is 25.1 Å². The topological polar surface area (TPSA) is 97.8 Å². The Balaban J connectivity index is 2.12. The van der Waals surface area contributed by atoms with Gasteiger partial charge in [-0.3, -0.25) is 4.79 Å². The van der Waals surface area contributed by atoms with Gasteiger partial charge in [0.05, 0.1) is 12.7 Å². The van der Waals surface area contributed by atoms with E-state index in [9.17, 15) is 35.9 Å². The number of methoxy groups -OCH3 is 1. The molecule has 4 atom stereocenters. The molecule has 1 amide bonds. The third-order valence-electron chi connectivity index (χ3n) is 6.13. The zero-order valence-electron chi connectivity index (χ0n) is 18.5. The standard InChI is InChI=1S/C22H20F6N2O5/c1-9-14(11-4-5-12(23)15(18(24)25)16(11)34-3)17(35-21(9,2)22(26,27)28)19(31)30-10-6-7-29-13(8-10)20(32)33/h4-9,14,17-18H,1-3H3,(H,32,33)(H,29,30,31)/t9-,14-,17+,21+/m0/s1. The number of benzene rings is 1. The molecule has 2 N–H and O–H groups in total. The first kappa shape index (κ1) is 26.3. The molecule has 0 spiro atoms. The van der Waals surface area contributed by atoms with Gasteiger partial charge in [-0.15, -0.1) is 0 Å². The fraction of sp³-hybridized carbons (Fsp3) is 0.409. The number of rotatable bonds is 6. The van der Waals surface area contributed by atoms with Crippen molar-refractivity contribution in [3.05, 3.63) is 53.1 Å². The largest absolute Gasteiger partial charge is 0.496 e. The molecule has 0 radical (unpaired) electrons. The zero-order valence-corrected chi connectivity index (χ0v) is 18.5. The van der Waals surface area contributed by atoms with Crippen LogP contribution in [0.1, 0.15) is 47.8 Å². The first-order valence-electron chi connectivity index (χ1n) is 10.1. The minimum absolute atomic E-state index is 0.0997. The minimum Gasteiger partial charge on any atom is -0.496 e. The van der Waals surface area contributed by atoms with E-state index in [4.69, 9.17) is 14.6 Å². The summed E-state index contributed by atoms with van der Waals surface area (Å²) in [5.41, 5.74) is -4.85. The van der Waals surface area contributed by atoms with Crippen LogP contribution in [0.4, 0.5) is 32.0 Å². The van der Waals surface area contributed by atoms with E-state index in [0.717, 1.165) is 39.3 Å². The van der Waals surface area contributed by atoms with E-state index in [1.54, 1.807) is 0 Å². The second-order valence-corrected chi connectivity index (χ2v) is 8.07. The molecule has 7 nitrogen and oxygen atoms in total. The second-order valence-electron chi connectivity index (χ2n) is 8.07. The number of halogens is 6. The quantitative estimate of drug-likeness (QED) is 0.539. The molecule has 0 saturated carbocycles. The first-order valence-corrected chi connectivity index (χ1v) is 10.1. The summed E-state index contributed by atoms with van der Waals surface area (Å²) in [5.74, 6) is -7.54. The Labute approximate surface area is 195 Å². The van der Waals surface area contributed by atoms with Crippen molar-refractivity contribution in [2.45, 2.75) is 44.1 Å². The number of amides is 1. The predicted molar refractivity (Wildman–Crippen MR) is 109 cm³/mol. The van der Waals surface area contributed by atoms with Gasteiger partial charge in [0, 0.05) is 29.3 Å². The average molecular weight is 506 g/mol. The van der Waals surface area contributed by atoms with Crippen LogP contribution in [0.25, 0.3) is 0 Å². The molecule has 0 aliphatic carbocycles. The van der Waals surface area contributed by atoms with Crippen LogP contribution in [-0.2, 0) is 9.53 Å². The highest BCUT2D eigenvalue weighted by atomic mass is 19.4. The van der Waals surface area contributed by atoms with E-state index in [2.05, 4.69) is 10.3 Å². The number of ether oxygens (including phenoxy) is 2. The van der Waals surface area contributed by atoms with Crippen molar-refractivity contribution < 1.29 is 50.5 Å². The van der Waals surface area contributed by atoms with Crippen molar-refractivity contribution in [3.63, 3.8) is 0 Å². The zero-order chi connectivity index (χ0) is 26.3. The van der Waals surface area contributed by atoms with Crippen LogP contribution in [0.15, 0.2) is 30.5 Å². The molecule has 1 fully saturated rings. The molecule has 0 bridgehead atoms. The van der Waals surface area contributed by atoms with Crippen LogP contribution in [0.2, 0.25) is 0 Å². The van der Waals surface area contributed by atoms with E-state index in [1.165, 1.54) is 6.07 Å². The number of hydrogen-bond acceptors (Lipinski definition) is 5. The first-order chi connectivity index (χ1) is 16.2. The lowest BCUT2D eigenvalue weighted by Crippen LogP contribution is -2.47. The Morgan fingerprint density at radius 2 is 1.91 bits per heavy atom. The maximum atomic E-state index is 14.1. The van der Waals surface area contributed by atoms with Gasteiger partial charge >= 0.3 is 12.1 Å². The van der Waals surface area contributed by atoms with E-state index in [1.807, 2.05) is 0 Å². The summed E-state index contributed by atoms with van der Waals surface area (Å²) < 4.78 is 93.5. The predicted octanol–water partition coefficient (Wildman–Crippen LogP) is 4.94. The van der Waals surface area contributed by atoms with E-state index >= 15 is 0 Å². The summed E-state index contributed by atoms with van der Waals surface area (Å²) >= 11 is 0. The van der Waals surface area contributed by atoms with Gasteiger partial charge in [0.1, 0.15) is 23.4 Å². The minimum atomic E-state index is -4.97. The molecule has 2 aromatic rings. The number of carboxylic acids is 1. The van der Waals surface area contributed by atoms with Gasteiger partial charge < -0.3 is 19.9 Å². The van der Waals surface area contributed by atoms with Gasteiger partial charge in [-0.1, -0.05) is 13.0 Å². The van der Waals surface area contributed by atoms with Crippen molar-refractivity contribution >= 4 is 17.6 Å². The fourth-order valence-electron chi connectivity index (χ4n) is 4.15. The maximum absolute atomic E-state index is 14.1. The lowest BCUT2D eigenvalue weighted by atomic mass is 9.76. The average Bonchev–Trinajstić information content (AvgIpc) is 3.05. The number of aromatic carboxylic acids is 1. The third kappa shape index (κ3) is 4.64. The molecule has 1 aliphatic rings. The molecular formula is C22H20F6N2O5. The Bertz CT molecular complexity index is 1140. The highest BCUT2D eigenvalue weighted by molar-refractivity contribution is 5.96. The summed E-state index contributed by atoms with van der Waals surface area (Å²) in [5, 5.41) is 11.3. The van der Waals surface area contributed by atoms with Crippen molar-refractivity contribution in [3.8, 4) is 5.75 Å². The number of carboxylic acid groups (broad SMARTS) is 1. The van der Waals surface area contributed by atoms with E-state index < -0.39 is 70.8 Å². The van der Waals surface area contributed by atoms with E-state index in [-0.39, 0.29) is 11.3 Å². The van der Waals surface area contributed by atoms with Gasteiger partial charge in [0.15, 0.2) is 5.60 Å². The number of nitrogens with one attached hydrogen (secondary N) is 1. The Kier molecular flexibility index (Phi) is 7.02. The number of pyridine rings is 1. The summed E-state index contributed by atoms with van der Waals surface area (Å²) in [4.78, 5) is 27.8. The highest BCUT2D eigenvalue weighted by Crippen LogP contribution is 2.55. The highest BCUT2D eigenvalue weighted by Gasteiger charge is 2.66. The van der Waals surface area contributed by atoms with Crippen LogP contribution < -0.4 is 10.1 Å². The number of carbonyl (C=O) groups excluding carboxylic acids is 1. The molecule has 190 valence electrons. The van der Waals surface area contributed by atoms with Crippen LogP contribution in [0.3, 0.4) is 0 Å². The fourth-order valence-corrected chi connectivity index (χ4v) is 4.15.